The summed E-state index contributed by atoms with van der Waals surface area (Å²) >= 11 is 0. The monoisotopic (exact) mass is 371 g/mol. The maximum atomic E-state index is 12.6. The van der Waals surface area contributed by atoms with Gasteiger partial charge in [0.05, 0.1) is 6.17 Å². The summed E-state index contributed by atoms with van der Waals surface area (Å²) in [5.41, 5.74) is 1.98. The van der Waals surface area contributed by atoms with Crippen molar-refractivity contribution < 1.29 is 14.3 Å². The van der Waals surface area contributed by atoms with E-state index in [1.807, 2.05) is 49.5 Å². The number of fused-ring (bicyclic) bond motifs is 1. The van der Waals surface area contributed by atoms with Gasteiger partial charge in [0.1, 0.15) is 0 Å². The summed E-state index contributed by atoms with van der Waals surface area (Å²) in [6.45, 7) is 7.49. The largest absolute Gasteiger partial charge is 0.454 e. The molecule has 0 radical (unpaired) electrons. The first-order chi connectivity index (χ1) is 13.0. The van der Waals surface area contributed by atoms with Crippen LogP contribution >= 0.6 is 0 Å². The molecular weight excluding hydrogens is 342 g/mol. The molecule has 0 fully saturated rings. The van der Waals surface area contributed by atoms with Gasteiger partial charge in [0.15, 0.2) is 11.5 Å². The van der Waals surface area contributed by atoms with Crippen LogP contribution in [0.5, 0.6) is 11.5 Å². The van der Waals surface area contributed by atoms with E-state index in [1.54, 1.807) is 0 Å². The summed E-state index contributed by atoms with van der Waals surface area (Å²) in [5.74, 6) is 1.61. The quantitative estimate of drug-likeness (QED) is 0.747. The highest BCUT2D eigenvalue weighted by molar-refractivity contribution is 5.93. The molecule has 0 aromatic heterocycles. The number of nitrogens with zero attached hydrogens (tertiary/aromatic N) is 2. The SMILES string of the molecule is CCN(C(C)Cc1ccc2c(c1)OCO2)C(C)NC(=O)C1=CN(C)C=CC1. The third kappa shape index (κ3) is 4.63. The van der Waals surface area contributed by atoms with Crippen molar-refractivity contribution in [2.45, 2.75) is 45.8 Å². The molecule has 0 saturated heterocycles. The Bertz CT molecular complexity index is 744. The number of amides is 1. The van der Waals surface area contributed by atoms with Gasteiger partial charge in [-0.15, -0.1) is 0 Å². The summed E-state index contributed by atoms with van der Waals surface area (Å²) in [6.07, 6.45) is 7.34. The first kappa shape index (κ1) is 19.3. The van der Waals surface area contributed by atoms with Crippen LogP contribution in [0.25, 0.3) is 0 Å². The van der Waals surface area contributed by atoms with E-state index in [0.717, 1.165) is 30.0 Å². The van der Waals surface area contributed by atoms with Crippen LogP contribution in [-0.4, -0.2) is 48.3 Å². The molecular formula is C21H29N3O3. The molecule has 6 nitrogen and oxygen atoms in total. The van der Waals surface area contributed by atoms with Crippen molar-refractivity contribution in [3.05, 3.63) is 47.8 Å². The van der Waals surface area contributed by atoms with Gasteiger partial charge in [0.2, 0.25) is 12.7 Å². The third-order valence-electron chi connectivity index (χ3n) is 5.07. The van der Waals surface area contributed by atoms with E-state index in [-0.39, 0.29) is 18.1 Å². The minimum atomic E-state index is -0.0522. The topological polar surface area (TPSA) is 54.0 Å². The molecule has 6 heteroatoms. The average Bonchev–Trinajstić information content (AvgIpc) is 3.10. The Morgan fingerprint density at radius 3 is 2.81 bits per heavy atom. The summed E-state index contributed by atoms with van der Waals surface area (Å²) in [4.78, 5) is 16.8. The molecule has 2 aliphatic heterocycles. The number of allylic oxidation sites excluding steroid dienone is 1. The molecule has 146 valence electrons. The average molecular weight is 371 g/mol. The van der Waals surface area contributed by atoms with Gasteiger partial charge in [-0.3, -0.25) is 9.69 Å². The van der Waals surface area contributed by atoms with Crippen LogP contribution in [0, 0.1) is 0 Å². The van der Waals surface area contributed by atoms with Crippen LogP contribution in [0.2, 0.25) is 0 Å². The zero-order valence-electron chi connectivity index (χ0n) is 16.6. The maximum Gasteiger partial charge on any atom is 0.250 e. The number of hydrogen-bond donors (Lipinski definition) is 1. The van der Waals surface area contributed by atoms with Crippen molar-refractivity contribution in [2.24, 2.45) is 0 Å². The van der Waals surface area contributed by atoms with E-state index in [9.17, 15) is 4.79 Å². The second kappa shape index (κ2) is 8.48. The normalized spacial score (nSPS) is 17.7. The van der Waals surface area contributed by atoms with Crippen molar-refractivity contribution in [2.75, 3.05) is 20.4 Å². The summed E-state index contributed by atoms with van der Waals surface area (Å²) < 4.78 is 10.9. The Hall–Kier alpha value is -2.47. The zero-order valence-corrected chi connectivity index (χ0v) is 16.6. The lowest BCUT2D eigenvalue weighted by atomic mass is 10.0. The fraction of sp³-hybridized carbons (Fsp3) is 0.476. The number of rotatable bonds is 7. The molecule has 1 aromatic carbocycles. The van der Waals surface area contributed by atoms with Gasteiger partial charge >= 0.3 is 0 Å². The minimum absolute atomic E-state index is 0.00701. The standard InChI is InChI=1S/C21H29N3O3/c1-5-24(16(3)22-21(25)18-7-6-10-23(4)13-18)15(2)11-17-8-9-19-20(12-17)27-14-26-19/h6,8-10,12-13,15-16H,5,7,11,14H2,1-4H3,(H,22,25). The molecule has 2 aliphatic rings. The number of carbonyl (C=O) groups is 1. The van der Waals surface area contributed by atoms with Crippen LogP contribution in [0.1, 0.15) is 32.8 Å². The fourth-order valence-electron chi connectivity index (χ4n) is 3.70. The maximum absolute atomic E-state index is 12.6. The highest BCUT2D eigenvalue weighted by atomic mass is 16.7. The molecule has 0 bridgehead atoms. The Labute approximate surface area is 161 Å². The van der Waals surface area contributed by atoms with Crippen molar-refractivity contribution >= 4 is 5.91 Å². The Morgan fingerprint density at radius 2 is 2.07 bits per heavy atom. The van der Waals surface area contributed by atoms with Crippen LogP contribution in [0.4, 0.5) is 0 Å². The van der Waals surface area contributed by atoms with Gasteiger partial charge in [-0.25, -0.2) is 0 Å². The minimum Gasteiger partial charge on any atom is -0.454 e. The zero-order chi connectivity index (χ0) is 19.4. The van der Waals surface area contributed by atoms with Crippen molar-refractivity contribution in [3.63, 3.8) is 0 Å². The van der Waals surface area contributed by atoms with Crippen molar-refractivity contribution in [3.8, 4) is 11.5 Å². The summed E-state index contributed by atoms with van der Waals surface area (Å²) in [7, 11) is 1.93. The predicted octanol–water partition coefficient (Wildman–Crippen LogP) is 2.86. The fourth-order valence-corrected chi connectivity index (χ4v) is 3.70. The smallest absolute Gasteiger partial charge is 0.250 e. The first-order valence-electron chi connectivity index (χ1n) is 9.52. The molecule has 3 rings (SSSR count). The van der Waals surface area contributed by atoms with Crippen molar-refractivity contribution in [1.82, 2.24) is 15.1 Å². The van der Waals surface area contributed by atoms with Crippen LogP contribution in [0.3, 0.4) is 0 Å². The van der Waals surface area contributed by atoms with Gasteiger partial charge in [-0.05, 0) is 57.1 Å². The van der Waals surface area contributed by atoms with E-state index in [0.29, 0.717) is 13.2 Å². The molecule has 1 amide bonds. The van der Waals surface area contributed by atoms with E-state index in [1.165, 1.54) is 5.56 Å². The lowest BCUT2D eigenvalue weighted by Crippen LogP contribution is -2.51. The molecule has 2 atom stereocenters. The van der Waals surface area contributed by atoms with Crippen molar-refractivity contribution in [1.29, 1.82) is 0 Å². The van der Waals surface area contributed by atoms with Gasteiger partial charge in [-0.2, -0.15) is 0 Å². The van der Waals surface area contributed by atoms with Gasteiger partial charge < -0.3 is 19.7 Å². The Kier molecular flexibility index (Phi) is 6.06. The number of benzene rings is 1. The number of carbonyl (C=O) groups excluding carboxylic acids is 1. The van der Waals surface area contributed by atoms with Crippen LogP contribution < -0.4 is 14.8 Å². The Morgan fingerprint density at radius 1 is 1.30 bits per heavy atom. The molecule has 0 aliphatic carbocycles. The molecule has 2 unspecified atom stereocenters. The number of ether oxygens (including phenoxy) is 2. The predicted molar refractivity (Wildman–Crippen MR) is 105 cm³/mol. The van der Waals surface area contributed by atoms with Gasteiger partial charge in [0, 0.05) is 24.9 Å². The second-order valence-corrected chi connectivity index (χ2v) is 7.13. The van der Waals surface area contributed by atoms with E-state index in [2.05, 4.69) is 30.1 Å². The van der Waals surface area contributed by atoms with E-state index >= 15 is 0 Å². The highest BCUT2D eigenvalue weighted by Crippen LogP contribution is 2.33. The molecule has 1 aromatic rings. The lowest BCUT2D eigenvalue weighted by Gasteiger charge is -2.34. The molecule has 0 spiro atoms. The molecule has 2 heterocycles. The van der Waals surface area contributed by atoms with Gasteiger partial charge in [-0.1, -0.05) is 19.1 Å². The third-order valence-corrected chi connectivity index (χ3v) is 5.07. The van der Waals surface area contributed by atoms with Crippen LogP contribution in [-0.2, 0) is 11.2 Å². The molecule has 0 saturated carbocycles. The summed E-state index contributed by atoms with van der Waals surface area (Å²) in [6, 6.07) is 6.36. The second-order valence-electron chi connectivity index (χ2n) is 7.13. The molecule has 27 heavy (non-hydrogen) atoms. The molecule has 1 N–H and O–H groups in total. The lowest BCUT2D eigenvalue weighted by molar-refractivity contribution is -0.119. The van der Waals surface area contributed by atoms with Crippen LogP contribution in [0.15, 0.2) is 42.2 Å². The number of likely N-dealkylation sites (N-methyl/N-ethyl adjacent to an activating group) is 1. The number of nitrogens with one attached hydrogen (secondary N) is 1. The number of hydrogen-bond acceptors (Lipinski definition) is 5. The highest BCUT2D eigenvalue weighted by Gasteiger charge is 2.23. The Balaban J connectivity index is 1.60. The van der Waals surface area contributed by atoms with E-state index < -0.39 is 0 Å². The first-order valence-corrected chi connectivity index (χ1v) is 9.52. The van der Waals surface area contributed by atoms with Gasteiger partial charge in [0.25, 0.3) is 0 Å². The summed E-state index contributed by atoms with van der Waals surface area (Å²) in [5, 5.41) is 3.14. The van der Waals surface area contributed by atoms with E-state index in [4.69, 9.17) is 9.47 Å².